The van der Waals surface area contributed by atoms with Gasteiger partial charge in [0, 0.05) is 19.8 Å². The van der Waals surface area contributed by atoms with Crippen molar-refractivity contribution in [3.63, 3.8) is 0 Å². The van der Waals surface area contributed by atoms with Gasteiger partial charge in [-0.05, 0) is 44.9 Å². The van der Waals surface area contributed by atoms with E-state index in [1.807, 2.05) is 24.0 Å². The van der Waals surface area contributed by atoms with Gasteiger partial charge in [-0.3, -0.25) is 9.78 Å². The topological polar surface area (TPSA) is 102 Å². The number of aromatic amines is 1. The van der Waals surface area contributed by atoms with Crippen molar-refractivity contribution >= 4 is 16.9 Å². The number of hydrogen-bond donors (Lipinski definition) is 1. The monoisotopic (exact) mass is 479 g/mol. The lowest BCUT2D eigenvalue weighted by atomic mass is 9.61. The first-order valence-corrected chi connectivity index (χ1v) is 13.0. The van der Waals surface area contributed by atoms with Crippen LogP contribution in [0.4, 0.5) is 5.82 Å². The minimum atomic E-state index is -0.360. The van der Waals surface area contributed by atoms with E-state index in [9.17, 15) is 4.79 Å². The Hall–Kier alpha value is -2.81. The molecule has 3 aromatic heterocycles. The highest BCUT2D eigenvalue weighted by Crippen LogP contribution is 2.56. The minimum Gasteiger partial charge on any atom is -0.381 e. The van der Waals surface area contributed by atoms with Gasteiger partial charge in [-0.2, -0.15) is 5.10 Å². The molecule has 2 aliphatic heterocycles. The molecule has 0 spiro atoms. The van der Waals surface area contributed by atoms with E-state index in [-0.39, 0.29) is 28.5 Å². The normalized spacial score (nSPS) is 24.9. The molecule has 2 fully saturated rings. The van der Waals surface area contributed by atoms with Crippen LogP contribution in [0.25, 0.3) is 11.0 Å². The molecule has 0 aromatic carbocycles. The van der Waals surface area contributed by atoms with Crippen LogP contribution in [0.15, 0.2) is 23.4 Å². The molecule has 2 atom stereocenters. The van der Waals surface area contributed by atoms with Gasteiger partial charge in [0.25, 0.3) is 5.56 Å². The van der Waals surface area contributed by atoms with Crippen molar-refractivity contribution in [2.24, 2.45) is 5.92 Å². The maximum absolute atomic E-state index is 13.4. The number of anilines is 1. The van der Waals surface area contributed by atoms with Crippen molar-refractivity contribution in [1.29, 1.82) is 0 Å². The predicted octanol–water partition coefficient (Wildman–Crippen LogP) is 3.93. The number of H-pyrrole nitrogens is 1. The lowest BCUT2D eigenvalue weighted by Crippen LogP contribution is -2.58. The van der Waals surface area contributed by atoms with E-state index in [0.717, 1.165) is 56.0 Å². The Morgan fingerprint density at radius 1 is 1.09 bits per heavy atom. The van der Waals surface area contributed by atoms with Crippen LogP contribution in [0.1, 0.15) is 77.4 Å². The lowest BCUT2D eigenvalue weighted by molar-refractivity contribution is 0.0673. The van der Waals surface area contributed by atoms with Gasteiger partial charge in [0.2, 0.25) is 0 Å². The zero-order valence-electron chi connectivity index (χ0n) is 21.5. The van der Waals surface area contributed by atoms with Crippen molar-refractivity contribution < 1.29 is 4.74 Å². The average molecular weight is 480 g/mol. The Balaban J connectivity index is 1.70. The Kier molecular flexibility index (Phi) is 6.15. The summed E-state index contributed by atoms with van der Waals surface area (Å²) in [4.78, 5) is 33.6. The molecule has 9 nitrogen and oxygen atoms in total. The summed E-state index contributed by atoms with van der Waals surface area (Å²) in [6.45, 7) is 13.2. The summed E-state index contributed by atoms with van der Waals surface area (Å²) in [5.41, 5.74) is 0.849. The van der Waals surface area contributed by atoms with Crippen LogP contribution in [0.3, 0.4) is 0 Å². The summed E-state index contributed by atoms with van der Waals surface area (Å²) < 4.78 is 7.52. The van der Waals surface area contributed by atoms with Gasteiger partial charge in [-0.1, -0.05) is 27.7 Å². The highest BCUT2D eigenvalue weighted by atomic mass is 16.5. The van der Waals surface area contributed by atoms with Crippen molar-refractivity contribution in [3.05, 3.63) is 40.5 Å². The molecule has 3 aromatic rings. The summed E-state index contributed by atoms with van der Waals surface area (Å²) in [5, 5.41) is 5.17. The average Bonchev–Trinajstić information content (AvgIpc) is 3.42. The highest BCUT2D eigenvalue weighted by Gasteiger charge is 2.62. The summed E-state index contributed by atoms with van der Waals surface area (Å²) >= 11 is 0. The fourth-order valence-electron chi connectivity index (χ4n) is 7.05. The molecule has 0 bridgehead atoms. The summed E-state index contributed by atoms with van der Waals surface area (Å²) in [5.74, 6) is 1.90. The van der Waals surface area contributed by atoms with Crippen LogP contribution < -0.4 is 10.5 Å². The summed E-state index contributed by atoms with van der Waals surface area (Å²) in [7, 11) is 0. The number of aromatic nitrogens is 6. The van der Waals surface area contributed by atoms with Crippen molar-refractivity contribution in [2.75, 3.05) is 24.7 Å². The molecule has 9 heteroatoms. The van der Waals surface area contributed by atoms with Gasteiger partial charge < -0.3 is 14.6 Å². The first kappa shape index (κ1) is 23.9. The molecule has 5 heterocycles. The molecule has 0 aliphatic carbocycles. The molecule has 1 N–H and O–H groups in total. The van der Waals surface area contributed by atoms with Crippen LogP contribution in [0.5, 0.6) is 0 Å². The minimum absolute atomic E-state index is 0.113. The van der Waals surface area contributed by atoms with Gasteiger partial charge in [0.1, 0.15) is 17.0 Å². The maximum atomic E-state index is 13.4. The zero-order chi connectivity index (χ0) is 24.8. The molecule has 5 rings (SSSR count). The largest absolute Gasteiger partial charge is 0.381 e. The first-order valence-electron chi connectivity index (χ1n) is 13.0. The Morgan fingerprint density at radius 2 is 1.83 bits per heavy atom. The van der Waals surface area contributed by atoms with Crippen molar-refractivity contribution in [2.45, 2.75) is 83.7 Å². The summed E-state index contributed by atoms with van der Waals surface area (Å²) in [6, 6.07) is 0.198. The molecular formula is C26H37N7O2. The molecule has 0 radical (unpaired) electrons. The number of aryl methyl sites for hydroxylation is 1. The number of hydrogen-bond acceptors (Lipinski definition) is 7. The van der Waals surface area contributed by atoms with Crippen LogP contribution in [-0.2, 0) is 10.2 Å². The van der Waals surface area contributed by atoms with E-state index < -0.39 is 0 Å². The number of fused-ring (bicyclic) bond motifs is 1. The molecular weight excluding hydrogens is 442 g/mol. The standard InChI is InChI=1S/C26H37N7O2/c1-6-25(7-2)26(8-3,17(4)16-32(25)21-15-27-18(5)13-28-21)24-30-22-20(23(34)31-24)14-29-33(22)19-9-11-35-12-10-19/h13-15,17,19H,6-12,16H2,1-5H3,(H,30,31,34)/t17-,26-/m1/s1. The number of rotatable bonds is 6. The Labute approximate surface area is 206 Å². The maximum Gasteiger partial charge on any atom is 0.262 e. The first-order chi connectivity index (χ1) is 16.9. The van der Waals surface area contributed by atoms with E-state index in [1.54, 1.807) is 6.20 Å². The molecule has 2 saturated heterocycles. The predicted molar refractivity (Wildman–Crippen MR) is 136 cm³/mol. The number of nitrogens with zero attached hydrogens (tertiary/aromatic N) is 6. The summed E-state index contributed by atoms with van der Waals surface area (Å²) in [6.07, 6.45) is 9.79. The van der Waals surface area contributed by atoms with Gasteiger partial charge >= 0.3 is 0 Å². The third-order valence-corrected chi connectivity index (χ3v) is 8.84. The van der Waals surface area contributed by atoms with Crippen LogP contribution in [0.2, 0.25) is 0 Å². The van der Waals surface area contributed by atoms with Gasteiger partial charge in [0.05, 0.1) is 41.3 Å². The fraction of sp³-hybridized carbons (Fsp3) is 0.654. The Morgan fingerprint density at radius 3 is 2.46 bits per heavy atom. The van der Waals surface area contributed by atoms with Crippen LogP contribution >= 0.6 is 0 Å². The second kappa shape index (κ2) is 9.00. The zero-order valence-corrected chi connectivity index (χ0v) is 21.5. The van der Waals surface area contributed by atoms with E-state index in [1.165, 1.54) is 0 Å². The van der Waals surface area contributed by atoms with Gasteiger partial charge in [-0.25, -0.2) is 14.6 Å². The van der Waals surface area contributed by atoms with E-state index >= 15 is 0 Å². The molecule has 0 saturated carbocycles. The van der Waals surface area contributed by atoms with Gasteiger partial charge in [0.15, 0.2) is 5.65 Å². The molecule has 35 heavy (non-hydrogen) atoms. The highest BCUT2D eigenvalue weighted by molar-refractivity contribution is 5.73. The number of ether oxygens (including phenoxy) is 1. The van der Waals surface area contributed by atoms with Crippen LogP contribution in [0, 0.1) is 12.8 Å². The van der Waals surface area contributed by atoms with Crippen LogP contribution in [-0.4, -0.2) is 55.0 Å². The smallest absolute Gasteiger partial charge is 0.262 e. The van der Waals surface area contributed by atoms with Crippen molar-refractivity contribution in [1.82, 2.24) is 29.7 Å². The van der Waals surface area contributed by atoms with E-state index in [0.29, 0.717) is 24.2 Å². The third-order valence-electron chi connectivity index (χ3n) is 8.84. The van der Waals surface area contributed by atoms with Gasteiger partial charge in [-0.15, -0.1) is 0 Å². The SMILES string of the molecule is CCC1(CC)N(c2cnc(C)cn2)C[C@@H](C)[C@]1(CC)c1nc2c(cnn2C2CCOCC2)c(=O)[nH]1. The quantitative estimate of drug-likeness (QED) is 0.571. The molecule has 188 valence electrons. The second-order valence-electron chi connectivity index (χ2n) is 10.2. The molecule has 2 aliphatic rings. The van der Waals surface area contributed by atoms with Crippen molar-refractivity contribution in [3.8, 4) is 0 Å². The fourth-order valence-corrected chi connectivity index (χ4v) is 7.05. The third kappa shape index (κ3) is 3.42. The van der Waals surface area contributed by atoms with E-state index in [4.69, 9.17) is 14.7 Å². The molecule has 0 unspecified atom stereocenters. The number of nitrogens with one attached hydrogen (secondary N) is 1. The van der Waals surface area contributed by atoms with E-state index in [2.05, 4.69) is 47.7 Å². The lowest BCUT2D eigenvalue weighted by Gasteiger charge is -2.49. The Bertz CT molecular complexity index is 1240. The molecule has 0 amide bonds. The second-order valence-corrected chi connectivity index (χ2v) is 10.2.